The van der Waals surface area contributed by atoms with E-state index in [0.717, 1.165) is 42.8 Å². The third-order valence-electron chi connectivity index (χ3n) is 5.91. The molecular formula is C21H27N3O3. The van der Waals surface area contributed by atoms with Gasteiger partial charge < -0.3 is 14.9 Å². The van der Waals surface area contributed by atoms with Gasteiger partial charge in [-0.05, 0) is 62.8 Å². The smallest absolute Gasteiger partial charge is 0.251 e. The lowest BCUT2D eigenvalue weighted by Crippen LogP contribution is -2.53. The van der Waals surface area contributed by atoms with Crippen LogP contribution >= 0.6 is 0 Å². The summed E-state index contributed by atoms with van der Waals surface area (Å²) in [6.45, 7) is 5.90. The molecule has 2 aliphatic rings. The molecule has 2 aromatic rings. The number of nitrogens with one attached hydrogen (secondary N) is 1. The first-order chi connectivity index (χ1) is 13.0. The Labute approximate surface area is 159 Å². The second kappa shape index (κ2) is 7.44. The highest BCUT2D eigenvalue weighted by molar-refractivity contribution is 5.94. The number of hydrogen-bond acceptors (Lipinski definition) is 5. The third-order valence-corrected chi connectivity index (χ3v) is 5.91. The molecule has 0 spiro atoms. The van der Waals surface area contributed by atoms with Crippen LogP contribution in [0, 0.1) is 13.8 Å². The van der Waals surface area contributed by atoms with Crippen LogP contribution in [0.4, 0.5) is 0 Å². The molecule has 144 valence electrons. The number of aliphatic hydroxyl groups excluding tert-OH is 1. The monoisotopic (exact) mass is 369 g/mol. The predicted octanol–water partition coefficient (Wildman–Crippen LogP) is 2.15. The van der Waals surface area contributed by atoms with Crippen LogP contribution in [-0.2, 0) is 19.4 Å². The maximum absolute atomic E-state index is 12.6. The number of aliphatic hydroxyl groups is 1. The number of amides is 1. The Morgan fingerprint density at radius 1 is 1.33 bits per heavy atom. The van der Waals surface area contributed by atoms with E-state index >= 15 is 0 Å². The van der Waals surface area contributed by atoms with Crippen molar-refractivity contribution in [2.45, 2.75) is 58.2 Å². The van der Waals surface area contributed by atoms with E-state index in [-0.39, 0.29) is 11.9 Å². The van der Waals surface area contributed by atoms with Crippen molar-refractivity contribution in [2.24, 2.45) is 0 Å². The van der Waals surface area contributed by atoms with Crippen molar-refractivity contribution in [1.29, 1.82) is 0 Å². The van der Waals surface area contributed by atoms with Gasteiger partial charge in [0.05, 0.1) is 17.8 Å². The summed E-state index contributed by atoms with van der Waals surface area (Å²) in [4.78, 5) is 14.8. The number of hydrogen-bond donors (Lipinski definition) is 2. The van der Waals surface area contributed by atoms with Crippen molar-refractivity contribution in [3.63, 3.8) is 0 Å². The van der Waals surface area contributed by atoms with E-state index in [0.29, 0.717) is 18.7 Å². The molecule has 1 aromatic carbocycles. The molecule has 6 nitrogen and oxygen atoms in total. The van der Waals surface area contributed by atoms with E-state index in [4.69, 9.17) is 4.52 Å². The predicted molar refractivity (Wildman–Crippen MR) is 102 cm³/mol. The van der Waals surface area contributed by atoms with E-state index in [1.807, 2.05) is 26.0 Å². The van der Waals surface area contributed by atoms with Gasteiger partial charge in [-0.25, -0.2) is 0 Å². The van der Waals surface area contributed by atoms with Gasteiger partial charge in [0.25, 0.3) is 5.91 Å². The van der Waals surface area contributed by atoms with Crippen molar-refractivity contribution >= 4 is 5.91 Å². The third kappa shape index (κ3) is 3.77. The summed E-state index contributed by atoms with van der Waals surface area (Å²) in [6.07, 6.45) is 3.47. The highest BCUT2D eigenvalue weighted by Crippen LogP contribution is 2.23. The number of β-amino-alcohol motifs (C(OH)–C–C–N with tert-alkyl or cyclic N) is 1. The second-order valence-corrected chi connectivity index (χ2v) is 7.81. The van der Waals surface area contributed by atoms with E-state index < -0.39 is 6.10 Å². The van der Waals surface area contributed by atoms with Crippen molar-refractivity contribution in [3.8, 4) is 0 Å². The fourth-order valence-electron chi connectivity index (χ4n) is 4.23. The lowest BCUT2D eigenvalue weighted by atomic mass is 9.99. The van der Waals surface area contributed by atoms with Gasteiger partial charge in [-0.15, -0.1) is 0 Å². The molecule has 1 saturated heterocycles. The van der Waals surface area contributed by atoms with Gasteiger partial charge >= 0.3 is 0 Å². The number of carbonyl (C=O) groups excluding carboxylic acids is 1. The van der Waals surface area contributed by atoms with Crippen LogP contribution in [0.5, 0.6) is 0 Å². The molecule has 4 rings (SSSR count). The number of piperidine rings is 1. The van der Waals surface area contributed by atoms with Crippen LogP contribution in [0.3, 0.4) is 0 Å². The summed E-state index contributed by atoms with van der Waals surface area (Å²) in [5, 5.41) is 17.6. The fraction of sp³-hybridized carbons (Fsp3) is 0.524. The molecule has 0 bridgehead atoms. The van der Waals surface area contributed by atoms with E-state index in [2.05, 4.69) is 21.4 Å². The molecule has 6 heteroatoms. The summed E-state index contributed by atoms with van der Waals surface area (Å²) in [5.41, 5.74) is 5.33. The maximum atomic E-state index is 12.6. The first-order valence-electron chi connectivity index (χ1n) is 9.76. The van der Waals surface area contributed by atoms with Crippen LogP contribution < -0.4 is 5.32 Å². The Bertz CT molecular complexity index is 826. The van der Waals surface area contributed by atoms with Crippen LogP contribution in [0.25, 0.3) is 0 Å². The number of benzene rings is 1. The molecule has 1 aliphatic carbocycles. The summed E-state index contributed by atoms with van der Waals surface area (Å²) >= 11 is 0. The molecule has 1 amide bonds. The fourth-order valence-corrected chi connectivity index (χ4v) is 4.23. The Morgan fingerprint density at radius 2 is 2.15 bits per heavy atom. The summed E-state index contributed by atoms with van der Waals surface area (Å²) < 4.78 is 5.22. The maximum Gasteiger partial charge on any atom is 0.251 e. The summed E-state index contributed by atoms with van der Waals surface area (Å²) in [6, 6.07) is 5.77. The number of aromatic nitrogens is 1. The largest absolute Gasteiger partial charge is 0.390 e. The molecule has 2 heterocycles. The number of nitrogens with zero attached hydrogens (tertiary/aromatic N) is 2. The minimum atomic E-state index is -0.586. The Balaban J connectivity index is 1.35. The number of likely N-dealkylation sites (tertiary alicyclic amines) is 1. The van der Waals surface area contributed by atoms with Crippen LogP contribution in [0.15, 0.2) is 22.7 Å². The Morgan fingerprint density at radius 3 is 2.89 bits per heavy atom. The van der Waals surface area contributed by atoms with Gasteiger partial charge in [0.1, 0.15) is 5.76 Å². The van der Waals surface area contributed by atoms with E-state index in [1.165, 1.54) is 17.5 Å². The lowest BCUT2D eigenvalue weighted by Gasteiger charge is -2.36. The number of aryl methyl sites for hydroxylation is 4. The highest BCUT2D eigenvalue weighted by Gasteiger charge is 2.30. The van der Waals surface area contributed by atoms with Gasteiger partial charge in [-0.3, -0.25) is 9.69 Å². The molecule has 2 N–H and O–H groups in total. The van der Waals surface area contributed by atoms with Gasteiger partial charge in [0, 0.05) is 30.8 Å². The molecule has 0 unspecified atom stereocenters. The molecule has 1 aliphatic heterocycles. The Hall–Kier alpha value is -2.18. The van der Waals surface area contributed by atoms with Crippen molar-refractivity contribution in [2.75, 3.05) is 13.1 Å². The topological polar surface area (TPSA) is 78.6 Å². The lowest BCUT2D eigenvalue weighted by molar-refractivity contribution is 0.0347. The molecule has 0 saturated carbocycles. The highest BCUT2D eigenvalue weighted by atomic mass is 16.5. The molecule has 0 radical (unpaired) electrons. The Kier molecular flexibility index (Phi) is 5.02. The molecule has 1 aromatic heterocycles. The number of rotatable bonds is 4. The van der Waals surface area contributed by atoms with Gasteiger partial charge in [0.2, 0.25) is 0 Å². The summed E-state index contributed by atoms with van der Waals surface area (Å²) in [5.74, 6) is 0.738. The zero-order valence-electron chi connectivity index (χ0n) is 16.0. The second-order valence-electron chi connectivity index (χ2n) is 7.81. The quantitative estimate of drug-likeness (QED) is 0.863. The zero-order valence-corrected chi connectivity index (χ0v) is 16.0. The van der Waals surface area contributed by atoms with Gasteiger partial charge in [-0.2, -0.15) is 0 Å². The minimum Gasteiger partial charge on any atom is -0.390 e. The van der Waals surface area contributed by atoms with Gasteiger partial charge in [0.15, 0.2) is 0 Å². The van der Waals surface area contributed by atoms with Gasteiger partial charge in [-0.1, -0.05) is 11.2 Å². The van der Waals surface area contributed by atoms with Crippen molar-refractivity contribution in [1.82, 2.24) is 15.4 Å². The average molecular weight is 369 g/mol. The first-order valence-corrected chi connectivity index (χ1v) is 9.76. The van der Waals surface area contributed by atoms with E-state index in [1.54, 1.807) is 0 Å². The molecular weight excluding hydrogens is 342 g/mol. The first kappa shape index (κ1) is 18.2. The normalized spacial score (nSPS) is 22.6. The average Bonchev–Trinajstić information content (AvgIpc) is 3.25. The minimum absolute atomic E-state index is 0.0899. The van der Waals surface area contributed by atoms with Crippen LogP contribution in [0.1, 0.15) is 51.3 Å². The standard InChI is InChI=1S/C21H27N3O3/c1-13-18(14(2)27-23-13)11-24-9-8-19(20(25)12-24)22-21(26)17-7-6-15-4-3-5-16(15)10-17/h6-7,10,19-20,25H,3-5,8-9,11-12H2,1-2H3,(H,22,26)/t19-,20-/m1/s1. The summed E-state index contributed by atoms with van der Waals surface area (Å²) in [7, 11) is 0. The van der Waals surface area contributed by atoms with E-state index in [9.17, 15) is 9.90 Å². The number of carbonyl (C=O) groups is 1. The molecule has 2 atom stereocenters. The van der Waals surface area contributed by atoms with Crippen molar-refractivity contribution < 1.29 is 14.4 Å². The van der Waals surface area contributed by atoms with Crippen LogP contribution in [-0.4, -0.2) is 46.3 Å². The molecule has 27 heavy (non-hydrogen) atoms. The van der Waals surface area contributed by atoms with Crippen LogP contribution in [0.2, 0.25) is 0 Å². The molecule has 1 fully saturated rings. The zero-order chi connectivity index (χ0) is 19.0. The SMILES string of the molecule is Cc1noc(C)c1CN1CC[C@@H](NC(=O)c2ccc3c(c2)CCC3)[C@H](O)C1. The van der Waals surface area contributed by atoms with Crippen molar-refractivity contribution in [3.05, 3.63) is 51.9 Å². The number of fused-ring (bicyclic) bond motifs is 1.